The molecule has 8 heteroatoms. The molecule has 210 valence electrons. The largest absolute Gasteiger partial charge is 0.496 e. The molecule has 0 aromatic heterocycles. The van der Waals surface area contributed by atoms with Crippen molar-refractivity contribution in [2.45, 2.75) is 38.3 Å². The van der Waals surface area contributed by atoms with E-state index in [1.165, 1.54) is 0 Å². The minimum absolute atomic E-state index is 0.0512. The summed E-state index contributed by atoms with van der Waals surface area (Å²) in [5, 5.41) is 3.35. The van der Waals surface area contributed by atoms with Crippen LogP contribution in [-0.4, -0.2) is 43.7 Å². The fourth-order valence-corrected chi connectivity index (χ4v) is 5.15. The second kappa shape index (κ2) is 12.6. The number of hydrogen-bond acceptors (Lipinski definition) is 4. The van der Waals surface area contributed by atoms with Gasteiger partial charge in [0, 0.05) is 31.2 Å². The number of nitrogens with zero attached hydrogens (tertiary/aromatic N) is 1. The highest BCUT2D eigenvalue weighted by Gasteiger charge is 2.38. The minimum Gasteiger partial charge on any atom is -0.496 e. The summed E-state index contributed by atoms with van der Waals surface area (Å²) in [5.41, 5.74) is 4.04. The van der Waals surface area contributed by atoms with E-state index in [0.717, 1.165) is 53.0 Å². The quantitative estimate of drug-likeness (QED) is 0.238. The zero-order chi connectivity index (χ0) is 28.1. The van der Waals surface area contributed by atoms with Crippen LogP contribution in [-0.2, 0) is 17.8 Å². The molecule has 1 heterocycles. The minimum atomic E-state index is -1.31. The Morgan fingerprint density at radius 3 is 2.50 bits per heavy atom. The predicted molar refractivity (Wildman–Crippen MR) is 147 cm³/mol. The monoisotopic (exact) mass is 550 g/mol. The fourth-order valence-electron chi connectivity index (χ4n) is 5.15. The summed E-state index contributed by atoms with van der Waals surface area (Å²) in [6.07, 6.45) is 5.23. The van der Waals surface area contributed by atoms with Gasteiger partial charge in [-0.3, -0.25) is 4.79 Å². The van der Waals surface area contributed by atoms with Crippen molar-refractivity contribution >= 4 is 11.5 Å². The van der Waals surface area contributed by atoms with E-state index < -0.39 is 23.2 Å². The molecular weight excluding hydrogens is 517 g/mol. The summed E-state index contributed by atoms with van der Waals surface area (Å²) < 4.78 is 51.6. The molecule has 0 spiro atoms. The molecule has 0 bridgehead atoms. The van der Waals surface area contributed by atoms with Crippen molar-refractivity contribution in [1.29, 1.82) is 0 Å². The maximum absolute atomic E-state index is 13.9. The Morgan fingerprint density at radius 1 is 1.00 bits per heavy atom. The second-order valence-corrected chi connectivity index (χ2v) is 10.2. The number of aryl methyl sites for hydroxylation is 1. The van der Waals surface area contributed by atoms with Crippen LogP contribution in [0.3, 0.4) is 0 Å². The summed E-state index contributed by atoms with van der Waals surface area (Å²) in [7, 11) is 1.65. The molecule has 40 heavy (non-hydrogen) atoms. The van der Waals surface area contributed by atoms with Gasteiger partial charge in [-0.15, -0.1) is 0 Å². The van der Waals surface area contributed by atoms with Crippen molar-refractivity contribution in [3.05, 3.63) is 101 Å². The maximum Gasteiger partial charge on any atom is 0.231 e. The zero-order valence-electron chi connectivity index (χ0n) is 22.5. The lowest BCUT2D eigenvalue weighted by molar-refractivity contribution is -0.134. The van der Waals surface area contributed by atoms with Crippen molar-refractivity contribution in [2.24, 2.45) is 5.92 Å². The van der Waals surface area contributed by atoms with Crippen LogP contribution in [0.15, 0.2) is 66.7 Å². The molecule has 1 unspecified atom stereocenters. The van der Waals surface area contributed by atoms with Gasteiger partial charge in [-0.25, -0.2) is 8.78 Å². The third-order valence-electron chi connectivity index (χ3n) is 7.44. The molecule has 1 N–H and O–H groups in total. The first kappa shape index (κ1) is 27.8. The third kappa shape index (κ3) is 6.33. The topological polar surface area (TPSA) is 50.8 Å². The lowest BCUT2D eigenvalue weighted by atomic mass is 9.88. The molecule has 1 amide bonds. The molecule has 1 aliphatic heterocycles. The van der Waals surface area contributed by atoms with Gasteiger partial charge in [-0.2, -0.15) is 4.39 Å². The zero-order valence-corrected chi connectivity index (χ0v) is 22.5. The van der Waals surface area contributed by atoms with Gasteiger partial charge in [0.1, 0.15) is 5.75 Å². The van der Waals surface area contributed by atoms with Crippen LogP contribution in [0.5, 0.6) is 11.5 Å². The number of para-hydroxylation sites is 1. The average Bonchev–Trinajstić information content (AvgIpc) is 3.83. The Labute approximate surface area is 232 Å². The molecule has 1 atom stereocenters. The van der Waals surface area contributed by atoms with Crippen LogP contribution in [0.2, 0.25) is 0 Å². The number of nitrogens with one attached hydrogen (secondary N) is 1. The molecule has 1 aliphatic carbocycles. The molecule has 3 aromatic carbocycles. The van der Waals surface area contributed by atoms with Gasteiger partial charge in [0.2, 0.25) is 11.7 Å². The van der Waals surface area contributed by atoms with Crippen LogP contribution >= 0.6 is 0 Å². The van der Waals surface area contributed by atoms with Gasteiger partial charge in [-0.05, 0) is 60.6 Å². The Bertz CT molecular complexity index is 1370. The molecule has 0 saturated heterocycles. The predicted octanol–water partition coefficient (Wildman–Crippen LogP) is 5.92. The van der Waals surface area contributed by atoms with Crippen molar-refractivity contribution in [3.8, 4) is 11.5 Å². The van der Waals surface area contributed by atoms with E-state index in [9.17, 15) is 18.0 Å². The Kier molecular flexibility index (Phi) is 8.75. The van der Waals surface area contributed by atoms with Crippen LogP contribution in [0.1, 0.15) is 36.0 Å². The highest BCUT2D eigenvalue weighted by molar-refractivity contribution is 5.93. The number of methoxy groups -OCH3 is 1. The van der Waals surface area contributed by atoms with Crippen molar-refractivity contribution in [2.75, 3.05) is 26.8 Å². The van der Waals surface area contributed by atoms with Crippen LogP contribution in [0.4, 0.5) is 13.2 Å². The van der Waals surface area contributed by atoms with E-state index in [-0.39, 0.29) is 24.5 Å². The first-order valence-electron chi connectivity index (χ1n) is 13.6. The Morgan fingerprint density at radius 2 is 1.75 bits per heavy atom. The summed E-state index contributed by atoms with van der Waals surface area (Å²) in [4.78, 5) is 15.9. The van der Waals surface area contributed by atoms with E-state index >= 15 is 0 Å². The smallest absolute Gasteiger partial charge is 0.231 e. The first-order valence-corrected chi connectivity index (χ1v) is 13.6. The summed E-state index contributed by atoms with van der Waals surface area (Å²) in [5.74, 6) is -3.46. The number of rotatable bonds is 11. The van der Waals surface area contributed by atoms with Crippen LogP contribution in [0.25, 0.3) is 5.57 Å². The Balaban J connectivity index is 1.22. The molecule has 2 aliphatic rings. The van der Waals surface area contributed by atoms with E-state index in [1.54, 1.807) is 7.11 Å². The first-order chi connectivity index (χ1) is 19.5. The van der Waals surface area contributed by atoms with Crippen molar-refractivity contribution < 1.29 is 27.4 Å². The number of ether oxygens (including phenoxy) is 2. The SMILES string of the molecule is COc1ccccc1CN(C(=O)C1CNCC=C1c1ccc(CCCOc2c(F)ccc(F)c2F)cc1)C1CC1. The van der Waals surface area contributed by atoms with Gasteiger partial charge in [0.05, 0.1) is 19.6 Å². The number of hydrogen-bond donors (Lipinski definition) is 1. The number of carbonyl (C=O) groups is 1. The van der Waals surface area contributed by atoms with Gasteiger partial charge in [0.25, 0.3) is 0 Å². The number of halogens is 3. The van der Waals surface area contributed by atoms with Gasteiger partial charge in [0.15, 0.2) is 17.4 Å². The fraction of sp³-hybridized carbons (Fsp3) is 0.344. The lowest BCUT2D eigenvalue weighted by Crippen LogP contribution is -2.43. The van der Waals surface area contributed by atoms with E-state index in [1.807, 2.05) is 53.4 Å². The lowest BCUT2D eigenvalue weighted by Gasteiger charge is -2.31. The molecular formula is C32H33F3N2O3. The van der Waals surface area contributed by atoms with Crippen molar-refractivity contribution in [1.82, 2.24) is 10.2 Å². The number of carbonyl (C=O) groups excluding carboxylic acids is 1. The molecule has 5 nitrogen and oxygen atoms in total. The number of amides is 1. The summed E-state index contributed by atoms with van der Waals surface area (Å²) in [6, 6.07) is 17.7. The normalized spacial score (nSPS) is 16.8. The second-order valence-electron chi connectivity index (χ2n) is 10.2. The standard InChI is InChI=1S/C32H33F3N2O3/c1-39-29-7-3-2-6-23(29)20-37(24-12-13-24)32(38)26-19-36-17-16-25(26)22-10-8-21(9-11-22)5-4-18-40-31-28(34)15-14-27(33)30(31)35/h2-3,6-11,14-16,24,26,36H,4-5,12-13,17-20H2,1H3. The number of benzene rings is 3. The van der Waals surface area contributed by atoms with E-state index in [2.05, 4.69) is 11.4 Å². The van der Waals surface area contributed by atoms with Gasteiger partial charge in [-0.1, -0.05) is 48.5 Å². The summed E-state index contributed by atoms with van der Waals surface area (Å²) >= 11 is 0. The molecule has 1 fully saturated rings. The summed E-state index contributed by atoms with van der Waals surface area (Å²) in [6.45, 7) is 1.84. The molecule has 0 radical (unpaired) electrons. The maximum atomic E-state index is 13.9. The van der Waals surface area contributed by atoms with Gasteiger partial charge >= 0.3 is 0 Å². The molecule has 3 aromatic rings. The third-order valence-corrected chi connectivity index (χ3v) is 7.44. The van der Waals surface area contributed by atoms with Crippen LogP contribution < -0.4 is 14.8 Å². The van der Waals surface area contributed by atoms with Gasteiger partial charge < -0.3 is 19.7 Å². The highest BCUT2D eigenvalue weighted by Crippen LogP contribution is 2.35. The van der Waals surface area contributed by atoms with Crippen LogP contribution in [0, 0.1) is 23.4 Å². The van der Waals surface area contributed by atoms with Crippen molar-refractivity contribution in [3.63, 3.8) is 0 Å². The average molecular weight is 551 g/mol. The molecule has 5 rings (SSSR count). The Hall–Kier alpha value is -3.78. The van der Waals surface area contributed by atoms with E-state index in [0.29, 0.717) is 32.5 Å². The van der Waals surface area contributed by atoms with E-state index in [4.69, 9.17) is 9.47 Å². The highest BCUT2D eigenvalue weighted by atomic mass is 19.2. The molecule has 1 saturated carbocycles.